The maximum atomic E-state index is 11.8. The van der Waals surface area contributed by atoms with Gasteiger partial charge in [0.15, 0.2) is 0 Å². The molecule has 1 amide bonds. The Kier molecular flexibility index (Phi) is 5.71. The average molecular weight is 311 g/mol. The number of aliphatic hydroxyl groups is 1. The molecular weight excluding hydrogens is 278 g/mol. The largest absolute Gasteiger partial charge is 0.444 e. The lowest BCUT2D eigenvalue weighted by molar-refractivity contribution is 0.0498. The molecule has 0 bridgehead atoms. The summed E-state index contributed by atoms with van der Waals surface area (Å²) in [7, 11) is 0. The smallest absolute Gasteiger partial charge is 0.408 e. The molecule has 0 aromatic heterocycles. The van der Waals surface area contributed by atoms with Gasteiger partial charge in [0, 0.05) is 0 Å². The van der Waals surface area contributed by atoms with E-state index in [4.69, 9.17) is 4.74 Å². The van der Waals surface area contributed by atoms with Gasteiger partial charge in [0.25, 0.3) is 0 Å². The minimum absolute atomic E-state index is 0.136. The Bertz CT molecular complexity index is 403. The first-order chi connectivity index (χ1) is 9.87. The number of carbonyl (C=O) groups is 1. The second-order valence-corrected chi connectivity index (χ2v) is 8.78. The third kappa shape index (κ3) is 5.31. The Morgan fingerprint density at radius 3 is 2.18 bits per heavy atom. The molecule has 22 heavy (non-hydrogen) atoms. The van der Waals surface area contributed by atoms with Crippen LogP contribution in [0.2, 0.25) is 0 Å². The molecule has 1 fully saturated rings. The molecule has 1 rings (SSSR count). The maximum absolute atomic E-state index is 11.8. The van der Waals surface area contributed by atoms with Crippen LogP contribution in [0.5, 0.6) is 0 Å². The van der Waals surface area contributed by atoms with E-state index >= 15 is 0 Å². The highest BCUT2D eigenvalue weighted by atomic mass is 16.6. The van der Waals surface area contributed by atoms with Crippen LogP contribution in [-0.4, -0.2) is 29.4 Å². The Labute approximate surface area is 135 Å². The molecule has 1 unspecified atom stereocenters. The van der Waals surface area contributed by atoms with Crippen LogP contribution in [0.4, 0.5) is 4.79 Å². The summed E-state index contributed by atoms with van der Waals surface area (Å²) in [5, 5.41) is 12.2. The first-order valence-corrected chi connectivity index (χ1v) is 8.16. The normalized spacial score (nSPS) is 22.7. The zero-order chi connectivity index (χ0) is 17.2. The minimum Gasteiger partial charge on any atom is -0.444 e. The molecule has 4 heteroatoms. The van der Waals surface area contributed by atoms with Crippen LogP contribution >= 0.6 is 0 Å². The van der Waals surface area contributed by atoms with Gasteiger partial charge in [-0.15, -0.1) is 0 Å². The van der Waals surface area contributed by atoms with Crippen LogP contribution in [0.15, 0.2) is 12.2 Å². The summed E-state index contributed by atoms with van der Waals surface area (Å²) < 4.78 is 5.23. The van der Waals surface area contributed by atoms with E-state index in [-0.39, 0.29) is 17.4 Å². The quantitative estimate of drug-likeness (QED) is 0.774. The monoisotopic (exact) mass is 311 g/mol. The van der Waals surface area contributed by atoms with Crippen molar-refractivity contribution < 1.29 is 14.6 Å². The number of alkyl carbamates (subject to hydrolysis) is 1. The van der Waals surface area contributed by atoms with Crippen LogP contribution in [0, 0.1) is 16.7 Å². The molecule has 1 atom stereocenters. The van der Waals surface area contributed by atoms with Crippen LogP contribution in [0.3, 0.4) is 0 Å². The highest BCUT2D eigenvalue weighted by molar-refractivity contribution is 5.68. The fourth-order valence-corrected chi connectivity index (χ4v) is 3.39. The predicted octanol–water partition coefficient (Wildman–Crippen LogP) is 3.89. The number of hydrogen-bond acceptors (Lipinski definition) is 3. The molecule has 0 radical (unpaired) electrons. The van der Waals surface area contributed by atoms with E-state index in [1.54, 1.807) is 0 Å². The molecular formula is C18H33NO3. The second kappa shape index (κ2) is 6.61. The predicted molar refractivity (Wildman–Crippen MR) is 89.7 cm³/mol. The molecule has 4 nitrogen and oxygen atoms in total. The van der Waals surface area contributed by atoms with Crippen molar-refractivity contribution in [3.63, 3.8) is 0 Å². The van der Waals surface area contributed by atoms with Crippen molar-refractivity contribution in [2.24, 2.45) is 16.7 Å². The Balaban J connectivity index is 2.71. The molecule has 2 N–H and O–H groups in total. The van der Waals surface area contributed by atoms with Crippen LogP contribution in [0.25, 0.3) is 0 Å². The SMILES string of the molecule is CC(C)(C)OC(=O)NC(C=CC1C(C)(C)CCC1(C)C)CO. The molecule has 0 aliphatic heterocycles. The van der Waals surface area contributed by atoms with Gasteiger partial charge in [-0.3, -0.25) is 0 Å². The van der Waals surface area contributed by atoms with E-state index in [2.05, 4.69) is 39.1 Å². The van der Waals surface area contributed by atoms with Gasteiger partial charge in [-0.1, -0.05) is 39.8 Å². The number of allylic oxidation sites excluding steroid dienone is 1. The fourth-order valence-electron chi connectivity index (χ4n) is 3.39. The van der Waals surface area contributed by atoms with Crippen molar-refractivity contribution in [1.29, 1.82) is 0 Å². The van der Waals surface area contributed by atoms with Crippen molar-refractivity contribution in [1.82, 2.24) is 5.32 Å². The van der Waals surface area contributed by atoms with Crippen LogP contribution in [-0.2, 0) is 4.74 Å². The molecule has 0 spiro atoms. The zero-order valence-electron chi connectivity index (χ0n) is 15.2. The van der Waals surface area contributed by atoms with Crippen LogP contribution < -0.4 is 5.32 Å². The standard InChI is InChI=1S/C18H33NO3/c1-16(2,3)22-15(21)19-13(12-20)8-9-14-17(4,5)10-11-18(14,6)7/h8-9,13-14,20H,10-12H2,1-7H3,(H,19,21). The molecule has 0 heterocycles. The van der Waals surface area contributed by atoms with Gasteiger partial charge >= 0.3 is 6.09 Å². The highest BCUT2D eigenvalue weighted by Gasteiger charge is 2.45. The lowest BCUT2D eigenvalue weighted by Crippen LogP contribution is -2.40. The van der Waals surface area contributed by atoms with Gasteiger partial charge in [0.05, 0.1) is 12.6 Å². The van der Waals surface area contributed by atoms with Gasteiger partial charge in [-0.05, 0) is 50.4 Å². The Morgan fingerprint density at radius 1 is 1.27 bits per heavy atom. The van der Waals surface area contributed by atoms with E-state index in [0.29, 0.717) is 5.92 Å². The molecule has 128 valence electrons. The van der Waals surface area contributed by atoms with E-state index in [9.17, 15) is 9.90 Å². The molecule has 1 aliphatic carbocycles. The zero-order valence-corrected chi connectivity index (χ0v) is 15.2. The summed E-state index contributed by atoms with van der Waals surface area (Å²) in [5.74, 6) is 0.425. The van der Waals surface area contributed by atoms with E-state index in [1.807, 2.05) is 26.8 Å². The van der Waals surface area contributed by atoms with Crippen molar-refractivity contribution >= 4 is 6.09 Å². The number of carbonyl (C=O) groups excluding carboxylic acids is 1. The topological polar surface area (TPSA) is 58.6 Å². The lowest BCUT2D eigenvalue weighted by Gasteiger charge is -2.33. The molecule has 1 aliphatic rings. The molecule has 0 aromatic carbocycles. The Hall–Kier alpha value is -1.03. The number of nitrogens with one attached hydrogen (secondary N) is 1. The molecule has 1 saturated carbocycles. The van der Waals surface area contributed by atoms with Gasteiger partial charge in [0.2, 0.25) is 0 Å². The third-order valence-electron chi connectivity index (χ3n) is 4.53. The average Bonchev–Trinajstić information content (AvgIpc) is 2.53. The summed E-state index contributed by atoms with van der Waals surface area (Å²) in [5.41, 5.74) is -0.0545. The van der Waals surface area contributed by atoms with Gasteiger partial charge in [0.1, 0.15) is 5.60 Å². The summed E-state index contributed by atoms with van der Waals surface area (Å²) in [6.07, 6.45) is 5.95. The summed E-state index contributed by atoms with van der Waals surface area (Å²) in [6, 6.07) is -0.415. The van der Waals surface area contributed by atoms with E-state index in [1.165, 1.54) is 12.8 Å². The first kappa shape index (κ1) is 19.0. The summed E-state index contributed by atoms with van der Waals surface area (Å²) in [6.45, 7) is 14.5. The van der Waals surface area contributed by atoms with Gasteiger partial charge in [-0.25, -0.2) is 4.79 Å². The number of rotatable bonds is 4. The summed E-state index contributed by atoms with van der Waals surface area (Å²) >= 11 is 0. The number of hydrogen-bond donors (Lipinski definition) is 2. The van der Waals surface area contributed by atoms with Gasteiger partial charge in [-0.2, -0.15) is 0 Å². The van der Waals surface area contributed by atoms with Crippen molar-refractivity contribution in [3.8, 4) is 0 Å². The number of ether oxygens (including phenoxy) is 1. The van der Waals surface area contributed by atoms with Crippen molar-refractivity contribution in [3.05, 3.63) is 12.2 Å². The molecule has 0 saturated heterocycles. The first-order valence-electron chi connectivity index (χ1n) is 8.16. The number of aliphatic hydroxyl groups excluding tert-OH is 1. The fraction of sp³-hybridized carbons (Fsp3) is 0.833. The van der Waals surface area contributed by atoms with Crippen LogP contribution in [0.1, 0.15) is 61.3 Å². The van der Waals surface area contributed by atoms with E-state index in [0.717, 1.165) is 0 Å². The second-order valence-electron chi connectivity index (χ2n) is 8.78. The van der Waals surface area contributed by atoms with Crippen molar-refractivity contribution in [2.75, 3.05) is 6.61 Å². The highest BCUT2D eigenvalue weighted by Crippen LogP contribution is 2.54. The lowest BCUT2D eigenvalue weighted by atomic mass is 9.72. The van der Waals surface area contributed by atoms with E-state index < -0.39 is 17.7 Å². The third-order valence-corrected chi connectivity index (χ3v) is 4.53. The summed E-state index contributed by atoms with van der Waals surface area (Å²) in [4.78, 5) is 11.8. The molecule has 0 aromatic rings. The maximum Gasteiger partial charge on any atom is 0.408 e. The van der Waals surface area contributed by atoms with Crippen molar-refractivity contribution in [2.45, 2.75) is 73.0 Å². The Morgan fingerprint density at radius 2 is 1.77 bits per heavy atom. The number of amides is 1. The minimum atomic E-state index is -0.538. The van der Waals surface area contributed by atoms with Gasteiger partial charge < -0.3 is 15.2 Å².